The summed E-state index contributed by atoms with van der Waals surface area (Å²) in [5.41, 5.74) is 3.90. The first-order valence-corrected chi connectivity index (χ1v) is 8.38. The molecule has 0 aliphatic carbocycles. The number of hydrogen-bond acceptors (Lipinski definition) is 5. The molecule has 138 valence electrons. The minimum atomic E-state index is -0.359. The average molecular weight is 356 g/mol. The van der Waals surface area contributed by atoms with Crippen LogP contribution in [0.25, 0.3) is 5.57 Å². The minimum Gasteiger partial charge on any atom is -0.469 e. The Balaban J connectivity index is 2.14. The zero-order valence-corrected chi connectivity index (χ0v) is 15.2. The number of rotatable bonds is 7. The number of carbonyl (C=O) groups is 2. The Morgan fingerprint density at radius 2 is 2.00 bits per heavy atom. The molecule has 0 unspecified atom stereocenters. The number of allylic oxidation sites excluding steroid dienone is 2. The van der Waals surface area contributed by atoms with Crippen LogP contribution in [-0.4, -0.2) is 37.7 Å². The van der Waals surface area contributed by atoms with E-state index in [1.54, 1.807) is 11.0 Å². The van der Waals surface area contributed by atoms with E-state index in [1.165, 1.54) is 14.2 Å². The first kappa shape index (κ1) is 19.3. The van der Waals surface area contributed by atoms with E-state index in [-0.39, 0.29) is 12.1 Å². The van der Waals surface area contributed by atoms with Gasteiger partial charge in [-0.2, -0.15) is 0 Å². The number of anilines is 1. The molecule has 1 aliphatic rings. The lowest BCUT2D eigenvalue weighted by atomic mass is 10.0. The second kappa shape index (κ2) is 9.46. The molecule has 0 saturated carbocycles. The third-order valence-corrected chi connectivity index (χ3v) is 4.14. The third kappa shape index (κ3) is 4.99. The van der Waals surface area contributed by atoms with Crippen molar-refractivity contribution in [2.45, 2.75) is 19.3 Å². The van der Waals surface area contributed by atoms with Gasteiger partial charge in [-0.1, -0.05) is 30.9 Å². The van der Waals surface area contributed by atoms with E-state index in [1.807, 2.05) is 36.7 Å². The molecular weight excluding hydrogens is 332 g/mol. The molecule has 0 saturated heterocycles. The zero-order valence-electron chi connectivity index (χ0n) is 15.2. The number of benzene rings is 1. The number of nitrogens with one attached hydrogen (secondary N) is 1. The Hall–Kier alpha value is -3.02. The van der Waals surface area contributed by atoms with Crippen LogP contribution in [0.2, 0.25) is 0 Å². The quantitative estimate of drug-likeness (QED) is 0.592. The summed E-state index contributed by atoms with van der Waals surface area (Å²) in [5, 5.41) is 3.28. The van der Waals surface area contributed by atoms with Crippen molar-refractivity contribution in [3.8, 4) is 0 Å². The predicted octanol–water partition coefficient (Wildman–Crippen LogP) is 3.93. The summed E-state index contributed by atoms with van der Waals surface area (Å²) in [7, 11) is 2.75. The van der Waals surface area contributed by atoms with Gasteiger partial charge >= 0.3 is 12.1 Å². The van der Waals surface area contributed by atoms with Gasteiger partial charge in [-0.05, 0) is 30.1 Å². The number of amides is 1. The highest BCUT2D eigenvalue weighted by Gasteiger charge is 2.21. The molecular formula is C20H24N2O4. The molecule has 1 aromatic carbocycles. The highest BCUT2D eigenvalue weighted by molar-refractivity contribution is 5.81. The van der Waals surface area contributed by atoms with Gasteiger partial charge in [-0.25, -0.2) is 4.79 Å². The van der Waals surface area contributed by atoms with Gasteiger partial charge in [-0.3, -0.25) is 9.69 Å². The Morgan fingerprint density at radius 1 is 1.23 bits per heavy atom. The molecule has 0 atom stereocenters. The van der Waals surface area contributed by atoms with E-state index < -0.39 is 0 Å². The topological polar surface area (TPSA) is 67.9 Å². The number of para-hydroxylation sites is 1. The Bertz CT molecular complexity index is 737. The van der Waals surface area contributed by atoms with Crippen molar-refractivity contribution in [2.24, 2.45) is 0 Å². The van der Waals surface area contributed by atoms with Crippen LogP contribution >= 0.6 is 0 Å². The van der Waals surface area contributed by atoms with Crippen molar-refractivity contribution in [3.63, 3.8) is 0 Å². The largest absolute Gasteiger partial charge is 0.469 e. The van der Waals surface area contributed by atoms with E-state index in [9.17, 15) is 9.59 Å². The molecule has 1 heterocycles. The number of carbonyl (C=O) groups excluding carboxylic acids is 2. The molecule has 6 heteroatoms. The molecule has 1 aliphatic heterocycles. The van der Waals surface area contributed by atoms with Crippen molar-refractivity contribution in [1.29, 1.82) is 0 Å². The second-order valence-electron chi connectivity index (χ2n) is 5.76. The fraction of sp³-hybridized carbons (Fsp3) is 0.300. The zero-order chi connectivity index (χ0) is 18.9. The first-order valence-electron chi connectivity index (χ1n) is 8.38. The number of methoxy groups -OCH3 is 2. The number of ether oxygens (including phenoxy) is 2. The summed E-state index contributed by atoms with van der Waals surface area (Å²) < 4.78 is 9.43. The maximum atomic E-state index is 11.7. The van der Waals surface area contributed by atoms with Gasteiger partial charge < -0.3 is 14.8 Å². The van der Waals surface area contributed by atoms with Crippen molar-refractivity contribution in [1.82, 2.24) is 4.90 Å². The van der Waals surface area contributed by atoms with Crippen LogP contribution in [-0.2, 0) is 14.3 Å². The lowest BCUT2D eigenvalue weighted by Gasteiger charge is -2.11. The minimum absolute atomic E-state index is 0.253. The molecule has 2 rings (SSSR count). The van der Waals surface area contributed by atoms with E-state index in [0.29, 0.717) is 19.4 Å². The Kier molecular flexibility index (Phi) is 7.02. The van der Waals surface area contributed by atoms with E-state index in [4.69, 9.17) is 4.74 Å². The Labute approximate surface area is 153 Å². The van der Waals surface area contributed by atoms with Crippen molar-refractivity contribution in [3.05, 3.63) is 60.5 Å². The van der Waals surface area contributed by atoms with Crippen LogP contribution < -0.4 is 5.32 Å². The van der Waals surface area contributed by atoms with Gasteiger partial charge in [0.2, 0.25) is 0 Å². The van der Waals surface area contributed by atoms with Crippen molar-refractivity contribution in [2.75, 3.05) is 26.1 Å². The van der Waals surface area contributed by atoms with E-state index >= 15 is 0 Å². The maximum absolute atomic E-state index is 11.7. The average Bonchev–Trinajstić information content (AvgIpc) is 3.17. The first-order chi connectivity index (χ1) is 12.6. The monoisotopic (exact) mass is 356 g/mol. The number of hydrogen-bond donors (Lipinski definition) is 1. The van der Waals surface area contributed by atoms with Crippen molar-refractivity contribution < 1.29 is 19.1 Å². The summed E-state index contributed by atoms with van der Waals surface area (Å²) in [5.74, 6) is -0.253. The number of nitrogens with zero attached hydrogens (tertiary/aromatic N) is 1. The SMILES string of the molecule is C=C/C(=C/Nc1ccccc1C1=CN(C(=O)OC)CC1)CCC(=O)OC. The molecule has 0 spiro atoms. The summed E-state index contributed by atoms with van der Waals surface area (Å²) in [4.78, 5) is 24.5. The van der Waals surface area contributed by atoms with Crippen LogP contribution in [0.3, 0.4) is 0 Å². The molecule has 6 nitrogen and oxygen atoms in total. The Morgan fingerprint density at radius 3 is 2.69 bits per heavy atom. The molecule has 0 aromatic heterocycles. The normalized spacial score (nSPS) is 13.8. The van der Waals surface area contributed by atoms with Crippen LogP contribution in [0.4, 0.5) is 10.5 Å². The maximum Gasteiger partial charge on any atom is 0.413 e. The predicted molar refractivity (Wildman–Crippen MR) is 101 cm³/mol. The fourth-order valence-corrected chi connectivity index (χ4v) is 2.66. The highest BCUT2D eigenvalue weighted by atomic mass is 16.5. The summed E-state index contributed by atoms with van der Waals surface area (Å²) in [6.07, 6.45) is 6.62. The third-order valence-electron chi connectivity index (χ3n) is 4.14. The van der Waals surface area contributed by atoms with Gasteiger partial charge in [-0.15, -0.1) is 0 Å². The summed E-state index contributed by atoms with van der Waals surface area (Å²) in [6.45, 7) is 4.39. The molecule has 1 N–H and O–H groups in total. The van der Waals surface area contributed by atoms with Crippen molar-refractivity contribution >= 4 is 23.3 Å². The van der Waals surface area contributed by atoms with Gasteiger partial charge in [0, 0.05) is 36.6 Å². The highest BCUT2D eigenvalue weighted by Crippen LogP contribution is 2.31. The standard InChI is InChI=1S/C20H24N2O4/c1-4-15(9-10-19(23)25-2)13-21-18-8-6-5-7-17(18)16-11-12-22(14-16)20(24)26-3/h4-8,13-14,21H,1,9-12H2,2-3H3/b15-13-. The molecule has 0 fully saturated rings. The van der Waals surface area contributed by atoms with Crippen LogP contribution in [0.5, 0.6) is 0 Å². The van der Waals surface area contributed by atoms with Gasteiger partial charge in [0.15, 0.2) is 0 Å². The lowest BCUT2D eigenvalue weighted by molar-refractivity contribution is -0.140. The second-order valence-corrected chi connectivity index (χ2v) is 5.76. The van der Waals surface area contributed by atoms with Crippen LogP contribution in [0.15, 0.2) is 54.9 Å². The summed E-state index contributed by atoms with van der Waals surface area (Å²) in [6, 6.07) is 7.87. The summed E-state index contributed by atoms with van der Waals surface area (Å²) >= 11 is 0. The van der Waals surface area contributed by atoms with E-state index in [2.05, 4.69) is 16.6 Å². The molecule has 26 heavy (non-hydrogen) atoms. The fourth-order valence-electron chi connectivity index (χ4n) is 2.66. The van der Waals surface area contributed by atoms with Gasteiger partial charge in [0.1, 0.15) is 0 Å². The number of esters is 1. The van der Waals surface area contributed by atoms with Gasteiger partial charge in [0.25, 0.3) is 0 Å². The smallest absolute Gasteiger partial charge is 0.413 e. The van der Waals surface area contributed by atoms with Gasteiger partial charge in [0.05, 0.1) is 14.2 Å². The van der Waals surface area contributed by atoms with E-state index in [0.717, 1.165) is 28.8 Å². The molecule has 1 amide bonds. The van der Waals surface area contributed by atoms with Crippen LogP contribution in [0, 0.1) is 0 Å². The molecule has 0 radical (unpaired) electrons. The molecule has 0 bridgehead atoms. The lowest BCUT2D eigenvalue weighted by Crippen LogP contribution is -2.22. The van der Waals surface area contributed by atoms with Crippen LogP contribution in [0.1, 0.15) is 24.8 Å². The molecule has 1 aromatic rings.